The number of aryl methyl sites for hydroxylation is 3. The highest BCUT2D eigenvalue weighted by molar-refractivity contribution is 6.20. The molecule has 1 N–H and O–H groups in total. The van der Waals surface area contributed by atoms with Crippen LogP contribution in [0.3, 0.4) is 0 Å². The van der Waals surface area contributed by atoms with Crippen molar-refractivity contribution in [3.8, 4) is 23.0 Å². The average Bonchev–Trinajstić information content (AvgIpc) is 3.29. The summed E-state index contributed by atoms with van der Waals surface area (Å²) in [5, 5.41) is 11.1. The maximum atomic E-state index is 13.6. The normalized spacial score (nSPS) is 11.2. The van der Waals surface area contributed by atoms with Gasteiger partial charge in [0.2, 0.25) is 0 Å². The zero-order valence-electron chi connectivity index (χ0n) is 17.0. The molecule has 0 atom stereocenters. The molecule has 0 aliphatic heterocycles. The van der Waals surface area contributed by atoms with Crippen molar-refractivity contribution in [2.45, 2.75) is 20.8 Å². The lowest BCUT2D eigenvalue weighted by Gasteiger charge is -2.11. The van der Waals surface area contributed by atoms with Gasteiger partial charge in [-0.1, -0.05) is 6.07 Å². The van der Waals surface area contributed by atoms with E-state index in [0.29, 0.717) is 44.9 Å². The van der Waals surface area contributed by atoms with Crippen molar-refractivity contribution in [2.24, 2.45) is 7.05 Å². The number of phenols is 1. The van der Waals surface area contributed by atoms with Gasteiger partial charge in [-0.15, -0.1) is 0 Å². The molecule has 6 heteroatoms. The van der Waals surface area contributed by atoms with Gasteiger partial charge in [0, 0.05) is 18.0 Å². The van der Waals surface area contributed by atoms with Crippen molar-refractivity contribution < 1.29 is 19.1 Å². The first-order valence-electron chi connectivity index (χ1n) is 9.25. The number of hydrogen-bond donors (Lipinski definition) is 1. The van der Waals surface area contributed by atoms with E-state index in [1.165, 1.54) is 0 Å². The number of imidazole rings is 1. The Balaban J connectivity index is 2.02. The number of phenolic OH excluding ortho intramolecular Hbond substituents is 1. The summed E-state index contributed by atoms with van der Waals surface area (Å²) in [6, 6.07) is 7.17. The minimum absolute atomic E-state index is 0.0302. The Morgan fingerprint density at radius 1 is 1.17 bits per heavy atom. The molecular weight excluding hydrogens is 368 g/mol. The number of fused-ring (bicyclic) bond motifs is 1. The molecule has 0 amide bonds. The summed E-state index contributed by atoms with van der Waals surface area (Å²) in [7, 11) is 3.42. The summed E-state index contributed by atoms with van der Waals surface area (Å²) in [6.07, 6.45) is 3.28. The van der Waals surface area contributed by atoms with Crippen LogP contribution < -0.4 is 4.74 Å². The fourth-order valence-electron chi connectivity index (χ4n) is 3.54. The van der Waals surface area contributed by atoms with Gasteiger partial charge in [0.05, 0.1) is 25.2 Å². The third kappa shape index (κ3) is 2.88. The first kappa shape index (κ1) is 18.8. The maximum Gasteiger partial charge on any atom is 0.197 e. The number of methoxy groups -OCH3 is 1. The number of aromatic nitrogens is 2. The minimum atomic E-state index is -0.204. The molecule has 148 valence electrons. The largest absolute Gasteiger partial charge is 0.504 e. The van der Waals surface area contributed by atoms with Gasteiger partial charge in [-0.3, -0.25) is 4.79 Å². The molecule has 4 aromatic rings. The second-order valence-corrected chi connectivity index (χ2v) is 7.25. The number of carbonyl (C=O) groups excluding carboxylic acids is 1. The zero-order valence-corrected chi connectivity index (χ0v) is 17.0. The van der Waals surface area contributed by atoms with Gasteiger partial charge in [0.1, 0.15) is 11.4 Å². The quantitative estimate of drug-likeness (QED) is 0.511. The van der Waals surface area contributed by atoms with Gasteiger partial charge < -0.3 is 18.8 Å². The predicted octanol–water partition coefficient (Wildman–Crippen LogP) is 4.70. The highest BCUT2D eigenvalue weighted by Gasteiger charge is 2.27. The molecule has 0 unspecified atom stereocenters. The van der Waals surface area contributed by atoms with Crippen LogP contribution in [0.4, 0.5) is 0 Å². The maximum absolute atomic E-state index is 13.6. The lowest BCUT2D eigenvalue weighted by molar-refractivity contribution is 0.103. The monoisotopic (exact) mass is 390 g/mol. The summed E-state index contributed by atoms with van der Waals surface area (Å²) in [5.74, 6) is 0.859. The van der Waals surface area contributed by atoms with Gasteiger partial charge in [0.15, 0.2) is 22.9 Å². The second-order valence-electron chi connectivity index (χ2n) is 7.25. The second kappa shape index (κ2) is 6.81. The molecule has 0 bridgehead atoms. The van der Waals surface area contributed by atoms with E-state index in [9.17, 15) is 9.90 Å². The number of carbonyl (C=O) groups is 1. The van der Waals surface area contributed by atoms with Gasteiger partial charge in [-0.25, -0.2) is 4.98 Å². The average molecular weight is 390 g/mol. The van der Waals surface area contributed by atoms with E-state index in [4.69, 9.17) is 9.15 Å². The van der Waals surface area contributed by atoms with Crippen LogP contribution >= 0.6 is 0 Å². The summed E-state index contributed by atoms with van der Waals surface area (Å²) in [5.41, 5.74) is 4.45. The molecule has 0 spiro atoms. The third-order valence-corrected chi connectivity index (χ3v) is 5.41. The SMILES string of the molecule is COc1cc(C(=O)c2c(-c3cncn3C)oc3c(O)c(C)ccc23)cc(C)c1C. The van der Waals surface area contributed by atoms with E-state index >= 15 is 0 Å². The highest BCUT2D eigenvalue weighted by atomic mass is 16.5. The van der Waals surface area contributed by atoms with Crippen LogP contribution in [-0.4, -0.2) is 27.6 Å². The summed E-state index contributed by atoms with van der Waals surface area (Å²) < 4.78 is 13.3. The van der Waals surface area contributed by atoms with E-state index < -0.39 is 0 Å². The number of hydrogen-bond acceptors (Lipinski definition) is 5. The molecular formula is C23H22N2O4. The Hall–Kier alpha value is -3.54. The molecule has 4 rings (SSSR count). The number of rotatable bonds is 4. The van der Waals surface area contributed by atoms with Gasteiger partial charge in [-0.05, 0) is 55.7 Å². The Kier molecular flexibility index (Phi) is 4.42. The first-order valence-corrected chi connectivity index (χ1v) is 9.25. The molecule has 6 nitrogen and oxygen atoms in total. The van der Waals surface area contributed by atoms with Crippen LogP contribution in [0.1, 0.15) is 32.6 Å². The topological polar surface area (TPSA) is 77.5 Å². The molecule has 29 heavy (non-hydrogen) atoms. The molecule has 0 aliphatic rings. The van der Waals surface area contributed by atoms with Crippen LogP contribution in [0.15, 0.2) is 41.2 Å². The van der Waals surface area contributed by atoms with Crippen LogP contribution in [-0.2, 0) is 7.05 Å². The number of furan rings is 1. The molecule has 0 radical (unpaired) electrons. The highest BCUT2D eigenvalue weighted by Crippen LogP contribution is 2.40. The van der Waals surface area contributed by atoms with Crippen LogP contribution in [0, 0.1) is 20.8 Å². The number of nitrogens with zero attached hydrogens (tertiary/aromatic N) is 2. The van der Waals surface area contributed by atoms with Crippen molar-refractivity contribution >= 4 is 16.8 Å². The molecule has 0 saturated carbocycles. The standard InChI is InChI=1S/C23H22N2O4/c1-12-6-7-16-19(21(27)15-8-13(2)14(3)18(9-15)28-5)23(29-22(16)20(12)26)17-10-24-11-25(17)4/h6-11,26H,1-5H3. The van der Waals surface area contributed by atoms with E-state index in [2.05, 4.69) is 4.98 Å². The summed E-state index contributed by atoms with van der Waals surface area (Å²) in [6.45, 7) is 5.69. The molecule has 0 fully saturated rings. The molecule has 2 heterocycles. The number of ketones is 1. The zero-order chi connectivity index (χ0) is 20.9. The van der Waals surface area contributed by atoms with Crippen LogP contribution in [0.2, 0.25) is 0 Å². The Labute approximate surface area is 168 Å². The van der Waals surface area contributed by atoms with Crippen molar-refractivity contribution in [1.29, 1.82) is 0 Å². The summed E-state index contributed by atoms with van der Waals surface area (Å²) >= 11 is 0. The Morgan fingerprint density at radius 2 is 1.93 bits per heavy atom. The summed E-state index contributed by atoms with van der Waals surface area (Å²) in [4.78, 5) is 17.8. The fraction of sp³-hybridized carbons (Fsp3) is 0.217. The fourth-order valence-corrected chi connectivity index (χ4v) is 3.54. The van der Waals surface area contributed by atoms with E-state index in [1.54, 1.807) is 49.3 Å². The lowest BCUT2D eigenvalue weighted by Crippen LogP contribution is -2.05. The van der Waals surface area contributed by atoms with Crippen molar-refractivity contribution in [3.63, 3.8) is 0 Å². The van der Waals surface area contributed by atoms with Crippen LogP contribution in [0.5, 0.6) is 11.5 Å². The molecule has 2 aromatic carbocycles. The molecule has 2 aromatic heterocycles. The predicted molar refractivity (Wildman–Crippen MR) is 111 cm³/mol. The number of benzene rings is 2. The van der Waals surface area contributed by atoms with Crippen molar-refractivity contribution in [2.75, 3.05) is 7.11 Å². The van der Waals surface area contributed by atoms with Gasteiger partial charge >= 0.3 is 0 Å². The van der Waals surface area contributed by atoms with Crippen molar-refractivity contribution in [1.82, 2.24) is 9.55 Å². The Morgan fingerprint density at radius 3 is 2.59 bits per heavy atom. The Bertz CT molecular complexity index is 1260. The minimum Gasteiger partial charge on any atom is -0.504 e. The van der Waals surface area contributed by atoms with E-state index in [1.807, 2.05) is 27.0 Å². The van der Waals surface area contributed by atoms with Gasteiger partial charge in [0.25, 0.3) is 0 Å². The van der Waals surface area contributed by atoms with Gasteiger partial charge in [-0.2, -0.15) is 0 Å². The van der Waals surface area contributed by atoms with Crippen molar-refractivity contribution in [3.05, 3.63) is 64.6 Å². The number of aromatic hydroxyl groups is 1. The molecule has 0 saturated heterocycles. The first-order chi connectivity index (χ1) is 13.8. The molecule has 0 aliphatic carbocycles. The van der Waals surface area contributed by atoms with E-state index in [-0.39, 0.29) is 11.5 Å². The smallest absolute Gasteiger partial charge is 0.197 e. The number of ether oxygens (including phenoxy) is 1. The third-order valence-electron chi connectivity index (χ3n) is 5.41. The van der Waals surface area contributed by atoms with E-state index in [0.717, 1.165) is 11.1 Å². The van der Waals surface area contributed by atoms with Crippen LogP contribution in [0.25, 0.3) is 22.4 Å². The lowest BCUT2D eigenvalue weighted by atomic mass is 9.95.